The van der Waals surface area contributed by atoms with Crippen LogP contribution in [0, 0.1) is 0 Å². The third-order valence-electron chi connectivity index (χ3n) is 2.94. The summed E-state index contributed by atoms with van der Waals surface area (Å²) in [6, 6.07) is 9.63. The number of nitrogens with zero attached hydrogens (tertiary/aromatic N) is 2. The largest absolute Gasteiger partial charge is 0.444 e. The third kappa shape index (κ3) is 7.01. The van der Waals surface area contributed by atoms with E-state index in [0.29, 0.717) is 16.9 Å². The summed E-state index contributed by atoms with van der Waals surface area (Å²) in [5, 5.41) is 11.1. The van der Waals surface area contributed by atoms with Gasteiger partial charge in [-0.3, -0.25) is 0 Å². The van der Waals surface area contributed by atoms with Crippen LogP contribution in [0.1, 0.15) is 45.2 Å². The zero-order valence-electron chi connectivity index (χ0n) is 14.9. The first-order valence-corrected chi connectivity index (χ1v) is 8.99. The Balaban J connectivity index is 1.81. The first-order valence-electron chi connectivity index (χ1n) is 8.01. The van der Waals surface area contributed by atoms with Gasteiger partial charge in [0.2, 0.25) is 5.89 Å². The minimum Gasteiger partial charge on any atom is -0.444 e. The van der Waals surface area contributed by atoms with Crippen molar-refractivity contribution in [3.8, 4) is 0 Å². The van der Waals surface area contributed by atoms with E-state index >= 15 is 0 Å². The van der Waals surface area contributed by atoms with Crippen LogP contribution in [0.4, 0.5) is 4.79 Å². The van der Waals surface area contributed by atoms with Crippen molar-refractivity contribution in [2.24, 2.45) is 0 Å². The lowest BCUT2D eigenvalue weighted by atomic mass is 10.2. The van der Waals surface area contributed by atoms with E-state index in [1.807, 2.05) is 63.3 Å². The number of nitrogens with one attached hydrogen (secondary N) is 1. The maximum atomic E-state index is 11.8. The van der Waals surface area contributed by atoms with Crippen molar-refractivity contribution in [1.29, 1.82) is 0 Å². The van der Waals surface area contributed by atoms with Crippen molar-refractivity contribution in [2.45, 2.75) is 44.6 Å². The maximum absolute atomic E-state index is 11.8. The van der Waals surface area contributed by atoms with Crippen molar-refractivity contribution in [3.63, 3.8) is 0 Å². The number of carbonyl (C=O) groups is 1. The van der Waals surface area contributed by atoms with Gasteiger partial charge in [-0.25, -0.2) is 4.79 Å². The molecule has 0 radical (unpaired) electrons. The molecule has 1 N–H and O–H groups in total. The van der Waals surface area contributed by atoms with Gasteiger partial charge in [0.15, 0.2) is 0 Å². The summed E-state index contributed by atoms with van der Waals surface area (Å²) >= 11 is 1.44. The van der Waals surface area contributed by atoms with Crippen molar-refractivity contribution in [1.82, 2.24) is 15.5 Å². The van der Waals surface area contributed by atoms with Gasteiger partial charge in [-0.1, -0.05) is 54.2 Å². The van der Waals surface area contributed by atoms with Gasteiger partial charge in [-0.05, 0) is 33.3 Å². The highest BCUT2D eigenvalue weighted by atomic mass is 32.2. The molecule has 7 heteroatoms. The zero-order valence-corrected chi connectivity index (χ0v) is 15.7. The Morgan fingerprint density at radius 3 is 2.72 bits per heavy atom. The van der Waals surface area contributed by atoms with Crippen LogP contribution < -0.4 is 5.32 Å². The van der Waals surface area contributed by atoms with Crippen LogP contribution in [0.3, 0.4) is 0 Å². The predicted octanol–water partition coefficient (Wildman–Crippen LogP) is 4.46. The van der Waals surface area contributed by atoms with Gasteiger partial charge in [0.25, 0.3) is 5.22 Å². The van der Waals surface area contributed by atoms with Gasteiger partial charge in [-0.15, -0.1) is 10.2 Å². The average Bonchev–Trinajstić information content (AvgIpc) is 3.00. The van der Waals surface area contributed by atoms with E-state index in [2.05, 4.69) is 15.5 Å². The second-order valence-electron chi connectivity index (χ2n) is 6.40. The topological polar surface area (TPSA) is 77.2 Å². The van der Waals surface area contributed by atoms with Crippen LogP contribution >= 0.6 is 11.8 Å². The number of alkyl carbamates (subject to hydrolysis) is 1. The molecule has 2 aromatic rings. The Bertz CT molecular complexity index is 708. The highest BCUT2D eigenvalue weighted by molar-refractivity contribution is 7.99. The van der Waals surface area contributed by atoms with Crippen molar-refractivity contribution in [2.75, 3.05) is 5.75 Å². The van der Waals surface area contributed by atoms with Crippen LogP contribution in [0.25, 0.3) is 6.08 Å². The molecule has 134 valence electrons. The molecule has 1 atom stereocenters. The molecule has 1 aromatic carbocycles. The molecule has 0 spiro atoms. The van der Waals surface area contributed by atoms with Gasteiger partial charge in [-0.2, -0.15) is 0 Å². The third-order valence-corrected chi connectivity index (χ3v) is 3.71. The molecular weight excluding hydrogens is 338 g/mol. The minimum atomic E-state index is -0.551. The molecule has 0 bridgehead atoms. The molecule has 0 saturated carbocycles. The lowest BCUT2D eigenvalue weighted by Crippen LogP contribution is -2.34. The van der Waals surface area contributed by atoms with Crippen molar-refractivity contribution >= 4 is 23.9 Å². The number of hydrogen-bond donors (Lipinski definition) is 1. The molecule has 1 aromatic heterocycles. The Kier molecular flexibility index (Phi) is 6.64. The van der Waals surface area contributed by atoms with E-state index in [0.717, 1.165) is 5.56 Å². The van der Waals surface area contributed by atoms with E-state index < -0.39 is 17.7 Å². The standard InChI is InChI=1S/C18H23N3O3S/c1-13(19-16(22)24-18(2,3)4)15-20-21-17(23-15)25-12-8-11-14-9-6-5-7-10-14/h5-11,13H,12H2,1-4H3,(H,19,22). The second kappa shape index (κ2) is 8.71. The Morgan fingerprint density at radius 2 is 2.04 bits per heavy atom. The lowest BCUT2D eigenvalue weighted by Gasteiger charge is -2.20. The first-order chi connectivity index (χ1) is 11.8. The van der Waals surface area contributed by atoms with E-state index in [-0.39, 0.29) is 0 Å². The van der Waals surface area contributed by atoms with Crippen molar-refractivity contribution < 1.29 is 13.9 Å². The Morgan fingerprint density at radius 1 is 1.32 bits per heavy atom. The summed E-state index contributed by atoms with van der Waals surface area (Å²) in [4.78, 5) is 11.8. The highest BCUT2D eigenvalue weighted by Gasteiger charge is 2.21. The molecule has 0 fully saturated rings. The quantitative estimate of drug-likeness (QED) is 0.765. The number of thioether (sulfide) groups is 1. The minimum absolute atomic E-state index is 0.348. The molecule has 1 heterocycles. The van der Waals surface area contributed by atoms with E-state index in [1.54, 1.807) is 6.92 Å². The van der Waals surface area contributed by atoms with Gasteiger partial charge in [0.1, 0.15) is 11.6 Å². The number of hydrogen-bond acceptors (Lipinski definition) is 6. The summed E-state index contributed by atoms with van der Waals surface area (Å²) in [6.07, 6.45) is 3.56. The van der Waals surface area contributed by atoms with Crippen LogP contribution in [-0.4, -0.2) is 27.6 Å². The van der Waals surface area contributed by atoms with Gasteiger partial charge in [0.05, 0.1) is 0 Å². The molecule has 0 aliphatic carbocycles. The van der Waals surface area contributed by atoms with E-state index in [9.17, 15) is 4.79 Å². The highest BCUT2D eigenvalue weighted by Crippen LogP contribution is 2.20. The van der Waals surface area contributed by atoms with Gasteiger partial charge < -0.3 is 14.5 Å². The summed E-state index contributed by atoms with van der Waals surface area (Å²) in [7, 11) is 0. The smallest absolute Gasteiger partial charge is 0.408 e. The molecule has 1 unspecified atom stereocenters. The normalized spacial score (nSPS) is 13.0. The number of amides is 1. The molecule has 6 nitrogen and oxygen atoms in total. The molecule has 0 aliphatic heterocycles. The number of rotatable bonds is 6. The first kappa shape index (κ1) is 19.1. The fraction of sp³-hybridized carbons (Fsp3) is 0.389. The molecule has 0 aliphatic rings. The molecule has 2 rings (SSSR count). The number of carbonyl (C=O) groups excluding carboxylic acids is 1. The Labute approximate surface area is 152 Å². The molecule has 25 heavy (non-hydrogen) atoms. The van der Waals surface area contributed by atoms with Gasteiger partial charge in [0, 0.05) is 5.75 Å². The second-order valence-corrected chi connectivity index (χ2v) is 7.37. The summed E-state index contributed by atoms with van der Waals surface area (Å²) < 4.78 is 10.8. The molecular formula is C18H23N3O3S. The summed E-state index contributed by atoms with van der Waals surface area (Å²) in [5.41, 5.74) is 0.592. The fourth-order valence-electron chi connectivity index (χ4n) is 1.87. The van der Waals surface area contributed by atoms with Crippen LogP contribution in [0.15, 0.2) is 46.0 Å². The summed E-state index contributed by atoms with van der Waals surface area (Å²) in [5.74, 6) is 1.06. The van der Waals surface area contributed by atoms with Crippen LogP contribution in [0.2, 0.25) is 0 Å². The molecule has 1 amide bonds. The summed E-state index contributed by atoms with van der Waals surface area (Å²) in [6.45, 7) is 7.19. The fourth-order valence-corrected chi connectivity index (χ4v) is 2.45. The van der Waals surface area contributed by atoms with Crippen LogP contribution in [-0.2, 0) is 4.74 Å². The SMILES string of the molecule is CC(NC(=O)OC(C)(C)C)c1nnc(SCC=Cc2ccccc2)o1. The predicted molar refractivity (Wildman–Crippen MR) is 98.3 cm³/mol. The number of ether oxygens (including phenoxy) is 1. The number of aromatic nitrogens is 2. The number of benzene rings is 1. The van der Waals surface area contributed by atoms with E-state index in [1.165, 1.54) is 11.8 Å². The van der Waals surface area contributed by atoms with Gasteiger partial charge >= 0.3 is 6.09 Å². The zero-order chi connectivity index (χ0) is 18.3. The van der Waals surface area contributed by atoms with Crippen LogP contribution in [0.5, 0.6) is 0 Å². The van der Waals surface area contributed by atoms with Crippen molar-refractivity contribution in [3.05, 3.63) is 47.9 Å². The average molecular weight is 361 g/mol. The Hall–Kier alpha value is -2.28. The monoisotopic (exact) mass is 361 g/mol. The molecule has 0 saturated heterocycles. The maximum Gasteiger partial charge on any atom is 0.408 e. The lowest BCUT2D eigenvalue weighted by molar-refractivity contribution is 0.0500. The van der Waals surface area contributed by atoms with E-state index in [4.69, 9.17) is 9.15 Å².